The molecule has 28 heavy (non-hydrogen) atoms. The Morgan fingerprint density at radius 2 is 1.79 bits per heavy atom. The normalized spacial score (nSPS) is 15.7. The fourth-order valence-electron chi connectivity index (χ4n) is 3.46. The van der Waals surface area contributed by atoms with Crippen LogP contribution in [0, 0.1) is 6.92 Å². The molecule has 1 aliphatic rings. The van der Waals surface area contributed by atoms with Crippen molar-refractivity contribution in [3.63, 3.8) is 0 Å². The summed E-state index contributed by atoms with van der Waals surface area (Å²) >= 11 is 0. The van der Waals surface area contributed by atoms with Crippen LogP contribution in [0.1, 0.15) is 38.8 Å². The lowest BCUT2D eigenvalue weighted by Gasteiger charge is -2.35. The first-order valence-electron chi connectivity index (χ1n) is 10.3. The predicted octanol–water partition coefficient (Wildman–Crippen LogP) is 1.88. The number of nitrogens with zero attached hydrogens (tertiary/aromatic N) is 3. The van der Waals surface area contributed by atoms with Crippen LogP contribution in [-0.2, 0) is 16.1 Å². The summed E-state index contributed by atoms with van der Waals surface area (Å²) < 4.78 is 0. The molecular formula is C22H36N4O2. The van der Waals surface area contributed by atoms with Crippen LogP contribution in [-0.4, -0.2) is 77.9 Å². The maximum Gasteiger partial charge on any atom is 0.236 e. The summed E-state index contributed by atoms with van der Waals surface area (Å²) in [5.41, 5.74) is 2.34. The topological polar surface area (TPSA) is 55.9 Å². The van der Waals surface area contributed by atoms with Gasteiger partial charge in [0.2, 0.25) is 11.8 Å². The highest BCUT2D eigenvalue weighted by Gasteiger charge is 2.24. The summed E-state index contributed by atoms with van der Waals surface area (Å²) in [7, 11) is 0. The number of carbonyl (C=O) groups is 2. The molecule has 1 aromatic rings. The number of rotatable bonds is 7. The fraction of sp³-hybridized carbons (Fsp3) is 0.636. The summed E-state index contributed by atoms with van der Waals surface area (Å²) in [6.07, 6.45) is 0. The molecule has 0 bridgehead atoms. The molecule has 0 atom stereocenters. The molecule has 6 heteroatoms. The van der Waals surface area contributed by atoms with Gasteiger partial charge < -0.3 is 10.2 Å². The van der Waals surface area contributed by atoms with Gasteiger partial charge in [0.05, 0.1) is 13.1 Å². The number of amides is 2. The van der Waals surface area contributed by atoms with Crippen molar-refractivity contribution in [2.24, 2.45) is 0 Å². The van der Waals surface area contributed by atoms with E-state index in [4.69, 9.17) is 0 Å². The third kappa shape index (κ3) is 7.60. The number of hydrogen-bond acceptors (Lipinski definition) is 4. The number of piperazine rings is 1. The van der Waals surface area contributed by atoms with E-state index < -0.39 is 0 Å². The van der Waals surface area contributed by atoms with Crippen molar-refractivity contribution in [2.75, 3.05) is 45.8 Å². The van der Waals surface area contributed by atoms with Crippen LogP contribution in [0.25, 0.3) is 0 Å². The van der Waals surface area contributed by atoms with Gasteiger partial charge in [0.1, 0.15) is 0 Å². The highest BCUT2D eigenvalue weighted by molar-refractivity contribution is 5.81. The van der Waals surface area contributed by atoms with E-state index in [9.17, 15) is 9.59 Å². The van der Waals surface area contributed by atoms with Crippen molar-refractivity contribution in [3.05, 3.63) is 35.4 Å². The van der Waals surface area contributed by atoms with E-state index in [1.807, 2.05) is 37.5 Å². The predicted molar refractivity (Wildman–Crippen MR) is 113 cm³/mol. The molecule has 0 radical (unpaired) electrons. The summed E-state index contributed by atoms with van der Waals surface area (Å²) in [4.78, 5) is 31.0. The standard InChI is InChI=1S/C22H36N4O2/c1-6-24(16-20(27)23-22(3,4)5)17-21(28)26-12-10-25(11-13-26)15-19-9-7-8-18(2)14-19/h7-9,14H,6,10-13,15-17H2,1-5H3,(H,23,27). The maximum absolute atomic E-state index is 12.7. The van der Waals surface area contributed by atoms with E-state index in [0.717, 1.165) is 32.7 Å². The molecule has 1 N–H and O–H groups in total. The van der Waals surface area contributed by atoms with Gasteiger partial charge in [-0.1, -0.05) is 36.8 Å². The molecule has 1 aliphatic heterocycles. The van der Waals surface area contributed by atoms with E-state index in [-0.39, 0.29) is 23.9 Å². The first-order chi connectivity index (χ1) is 13.2. The molecular weight excluding hydrogens is 352 g/mol. The Labute approximate surface area is 169 Å². The lowest BCUT2D eigenvalue weighted by Crippen LogP contribution is -2.52. The van der Waals surface area contributed by atoms with Gasteiger partial charge in [0.25, 0.3) is 0 Å². The zero-order valence-corrected chi connectivity index (χ0v) is 18.1. The minimum atomic E-state index is -0.256. The molecule has 2 rings (SSSR count). The van der Waals surface area contributed by atoms with Crippen molar-refractivity contribution >= 4 is 11.8 Å². The Morgan fingerprint density at radius 1 is 1.11 bits per heavy atom. The van der Waals surface area contributed by atoms with Crippen LogP contribution in [0.4, 0.5) is 0 Å². The first-order valence-corrected chi connectivity index (χ1v) is 10.3. The summed E-state index contributed by atoms with van der Waals surface area (Å²) in [6.45, 7) is 15.4. The number of likely N-dealkylation sites (N-methyl/N-ethyl adjacent to an activating group) is 1. The third-order valence-electron chi connectivity index (χ3n) is 4.90. The Morgan fingerprint density at radius 3 is 2.36 bits per heavy atom. The van der Waals surface area contributed by atoms with E-state index in [1.54, 1.807) is 0 Å². The third-order valence-corrected chi connectivity index (χ3v) is 4.90. The van der Waals surface area contributed by atoms with Crippen molar-refractivity contribution in [1.82, 2.24) is 20.0 Å². The second-order valence-electron chi connectivity index (χ2n) is 8.75. The molecule has 0 unspecified atom stereocenters. The van der Waals surface area contributed by atoms with Crippen molar-refractivity contribution in [2.45, 2.75) is 46.7 Å². The molecule has 0 aromatic heterocycles. The molecule has 156 valence electrons. The van der Waals surface area contributed by atoms with Crippen molar-refractivity contribution < 1.29 is 9.59 Å². The zero-order valence-electron chi connectivity index (χ0n) is 18.1. The summed E-state index contributed by atoms with van der Waals surface area (Å²) in [5.74, 6) is 0.0748. The largest absolute Gasteiger partial charge is 0.350 e. The molecule has 0 saturated carbocycles. The van der Waals surface area contributed by atoms with Crippen LogP contribution in [0.3, 0.4) is 0 Å². The monoisotopic (exact) mass is 388 g/mol. The Bertz CT molecular complexity index is 661. The number of benzene rings is 1. The highest BCUT2D eigenvalue weighted by atomic mass is 16.2. The van der Waals surface area contributed by atoms with Gasteiger partial charge in [0, 0.05) is 38.3 Å². The van der Waals surface area contributed by atoms with E-state index in [0.29, 0.717) is 13.1 Å². The quantitative estimate of drug-likeness (QED) is 0.775. The minimum Gasteiger partial charge on any atom is -0.350 e. The van der Waals surface area contributed by atoms with Crippen LogP contribution < -0.4 is 5.32 Å². The zero-order chi connectivity index (χ0) is 20.7. The maximum atomic E-state index is 12.7. The molecule has 2 amide bonds. The van der Waals surface area contributed by atoms with Crippen LogP contribution in [0.2, 0.25) is 0 Å². The second kappa shape index (κ2) is 10.0. The average molecular weight is 389 g/mol. The lowest BCUT2D eigenvalue weighted by atomic mass is 10.1. The van der Waals surface area contributed by atoms with Crippen LogP contribution >= 0.6 is 0 Å². The SMILES string of the molecule is CCN(CC(=O)NC(C)(C)C)CC(=O)N1CCN(Cc2cccc(C)c2)CC1. The number of hydrogen-bond donors (Lipinski definition) is 1. The van der Waals surface area contributed by atoms with Crippen LogP contribution in [0.5, 0.6) is 0 Å². The average Bonchev–Trinajstić information content (AvgIpc) is 2.60. The molecule has 1 fully saturated rings. The fourth-order valence-corrected chi connectivity index (χ4v) is 3.46. The van der Waals surface area contributed by atoms with Gasteiger partial charge in [-0.05, 0) is 39.8 Å². The molecule has 1 aromatic carbocycles. The van der Waals surface area contributed by atoms with E-state index in [2.05, 4.69) is 41.4 Å². The molecule has 1 heterocycles. The van der Waals surface area contributed by atoms with E-state index >= 15 is 0 Å². The van der Waals surface area contributed by atoms with E-state index in [1.165, 1.54) is 11.1 Å². The van der Waals surface area contributed by atoms with Crippen molar-refractivity contribution in [3.8, 4) is 0 Å². The second-order valence-corrected chi connectivity index (χ2v) is 8.75. The number of carbonyl (C=O) groups excluding carboxylic acids is 2. The summed E-state index contributed by atoms with van der Waals surface area (Å²) in [6, 6.07) is 8.59. The van der Waals surface area contributed by atoms with Crippen LogP contribution in [0.15, 0.2) is 24.3 Å². The van der Waals surface area contributed by atoms with Gasteiger partial charge in [-0.3, -0.25) is 19.4 Å². The minimum absolute atomic E-state index is 0.0369. The number of nitrogens with one attached hydrogen (secondary N) is 1. The Balaban J connectivity index is 1.78. The van der Waals surface area contributed by atoms with Gasteiger partial charge in [-0.15, -0.1) is 0 Å². The molecule has 1 saturated heterocycles. The number of aryl methyl sites for hydroxylation is 1. The van der Waals surface area contributed by atoms with Gasteiger partial charge >= 0.3 is 0 Å². The molecule has 6 nitrogen and oxygen atoms in total. The Hall–Kier alpha value is -1.92. The highest BCUT2D eigenvalue weighted by Crippen LogP contribution is 2.11. The molecule has 0 spiro atoms. The van der Waals surface area contributed by atoms with Crippen molar-refractivity contribution in [1.29, 1.82) is 0 Å². The summed E-state index contributed by atoms with van der Waals surface area (Å²) in [5, 5.41) is 2.96. The van der Waals surface area contributed by atoms with Gasteiger partial charge in [-0.25, -0.2) is 0 Å². The lowest BCUT2D eigenvalue weighted by molar-refractivity contribution is -0.134. The van der Waals surface area contributed by atoms with Gasteiger partial charge in [-0.2, -0.15) is 0 Å². The first kappa shape index (κ1) is 22.4. The smallest absolute Gasteiger partial charge is 0.236 e. The Kier molecular flexibility index (Phi) is 8.01. The van der Waals surface area contributed by atoms with Gasteiger partial charge in [0.15, 0.2) is 0 Å². The molecule has 0 aliphatic carbocycles.